The number of halogens is 2. The Kier molecular flexibility index (Phi) is 2.95. The van der Waals surface area contributed by atoms with E-state index in [0.717, 1.165) is 6.20 Å². The first-order valence-corrected chi connectivity index (χ1v) is 3.67. The van der Waals surface area contributed by atoms with Gasteiger partial charge in [0.1, 0.15) is 5.69 Å². The SMILES string of the molecule is COc1ncc(C=O)c(C(F)F)c1N. The molecule has 0 atom stereocenters. The molecule has 1 aromatic heterocycles. The van der Waals surface area contributed by atoms with E-state index in [1.54, 1.807) is 0 Å². The van der Waals surface area contributed by atoms with Crippen molar-refractivity contribution in [3.8, 4) is 5.88 Å². The number of nitrogens with two attached hydrogens (primary N) is 1. The summed E-state index contributed by atoms with van der Waals surface area (Å²) in [6.07, 6.45) is -1.54. The molecule has 1 heterocycles. The summed E-state index contributed by atoms with van der Waals surface area (Å²) >= 11 is 0. The Bertz CT molecular complexity index is 355. The Balaban J connectivity index is 3.38. The molecule has 6 heteroatoms. The van der Waals surface area contributed by atoms with E-state index >= 15 is 0 Å². The Morgan fingerprint density at radius 1 is 1.64 bits per heavy atom. The average molecular weight is 202 g/mol. The number of ether oxygens (including phenoxy) is 1. The summed E-state index contributed by atoms with van der Waals surface area (Å²) in [4.78, 5) is 14.0. The quantitative estimate of drug-likeness (QED) is 0.753. The smallest absolute Gasteiger partial charge is 0.266 e. The molecule has 1 rings (SSSR count). The lowest BCUT2D eigenvalue weighted by Crippen LogP contribution is -2.04. The van der Waals surface area contributed by atoms with E-state index in [1.807, 2.05) is 0 Å². The van der Waals surface area contributed by atoms with Crippen molar-refractivity contribution in [3.63, 3.8) is 0 Å². The van der Waals surface area contributed by atoms with Crippen LogP contribution in [0.1, 0.15) is 22.3 Å². The van der Waals surface area contributed by atoms with Crippen LogP contribution in [0.15, 0.2) is 6.20 Å². The molecule has 0 saturated heterocycles. The molecule has 0 saturated carbocycles. The van der Waals surface area contributed by atoms with Crippen LogP contribution in [0, 0.1) is 0 Å². The topological polar surface area (TPSA) is 65.2 Å². The molecule has 0 aliphatic rings. The number of carbonyl (C=O) groups is 1. The average Bonchev–Trinajstić information content (AvgIpc) is 2.16. The van der Waals surface area contributed by atoms with E-state index in [-0.39, 0.29) is 23.4 Å². The molecule has 0 fully saturated rings. The van der Waals surface area contributed by atoms with Crippen LogP contribution in [-0.2, 0) is 0 Å². The molecule has 0 aliphatic heterocycles. The van der Waals surface area contributed by atoms with Crippen LogP contribution in [0.5, 0.6) is 5.88 Å². The largest absolute Gasteiger partial charge is 0.480 e. The van der Waals surface area contributed by atoms with Gasteiger partial charge in [-0.1, -0.05) is 0 Å². The van der Waals surface area contributed by atoms with Crippen molar-refractivity contribution in [2.24, 2.45) is 0 Å². The number of rotatable bonds is 3. The Hall–Kier alpha value is -1.72. The van der Waals surface area contributed by atoms with E-state index in [0.29, 0.717) is 0 Å². The lowest BCUT2D eigenvalue weighted by atomic mass is 10.1. The molecular formula is C8H8F2N2O2. The number of methoxy groups -OCH3 is 1. The number of aldehydes is 1. The molecular weight excluding hydrogens is 194 g/mol. The second kappa shape index (κ2) is 3.99. The van der Waals surface area contributed by atoms with Gasteiger partial charge in [0, 0.05) is 11.8 Å². The van der Waals surface area contributed by atoms with Gasteiger partial charge < -0.3 is 10.5 Å². The predicted molar refractivity (Wildman–Crippen MR) is 45.5 cm³/mol. The highest BCUT2D eigenvalue weighted by atomic mass is 19.3. The third-order valence-corrected chi connectivity index (χ3v) is 1.69. The summed E-state index contributed by atoms with van der Waals surface area (Å²) < 4.78 is 29.6. The van der Waals surface area contributed by atoms with Gasteiger partial charge in [-0.15, -0.1) is 0 Å². The second-order valence-electron chi connectivity index (χ2n) is 2.47. The summed E-state index contributed by atoms with van der Waals surface area (Å²) in [6, 6.07) is 0. The summed E-state index contributed by atoms with van der Waals surface area (Å²) in [6.45, 7) is 0. The van der Waals surface area contributed by atoms with E-state index in [4.69, 9.17) is 5.73 Å². The van der Waals surface area contributed by atoms with E-state index in [1.165, 1.54) is 7.11 Å². The van der Waals surface area contributed by atoms with Gasteiger partial charge in [0.15, 0.2) is 6.29 Å². The number of alkyl halides is 2. The molecule has 14 heavy (non-hydrogen) atoms. The molecule has 0 spiro atoms. The molecule has 2 N–H and O–H groups in total. The highest BCUT2D eigenvalue weighted by Gasteiger charge is 2.20. The molecule has 0 bridgehead atoms. The number of nitrogens with zero attached hydrogens (tertiary/aromatic N) is 1. The molecule has 4 nitrogen and oxygen atoms in total. The fourth-order valence-electron chi connectivity index (χ4n) is 1.04. The molecule has 0 aromatic carbocycles. The monoisotopic (exact) mass is 202 g/mol. The van der Waals surface area contributed by atoms with Crippen molar-refractivity contribution in [2.75, 3.05) is 12.8 Å². The van der Waals surface area contributed by atoms with Gasteiger partial charge in [0.05, 0.1) is 12.7 Å². The van der Waals surface area contributed by atoms with Gasteiger partial charge in [0.2, 0.25) is 5.88 Å². The van der Waals surface area contributed by atoms with Crippen LogP contribution in [0.25, 0.3) is 0 Å². The fourth-order valence-corrected chi connectivity index (χ4v) is 1.04. The predicted octanol–water partition coefficient (Wildman–Crippen LogP) is 1.42. The first-order chi connectivity index (χ1) is 6.61. The van der Waals surface area contributed by atoms with Gasteiger partial charge in [-0.25, -0.2) is 13.8 Å². The highest BCUT2D eigenvalue weighted by molar-refractivity contribution is 5.81. The zero-order chi connectivity index (χ0) is 10.7. The number of nitrogen functional groups attached to an aromatic ring is 1. The third-order valence-electron chi connectivity index (χ3n) is 1.69. The maximum absolute atomic E-state index is 12.5. The lowest BCUT2D eigenvalue weighted by molar-refractivity contribution is 0.110. The van der Waals surface area contributed by atoms with Gasteiger partial charge in [0.25, 0.3) is 6.43 Å². The van der Waals surface area contributed by atoms with Crippen molar-refractivity contribution in [2.45, 2.75) is 6.43 Å². The van der Waals surface area contributed by atoms with Crippen molar-refractivity contribution >= 4 is 12.0 Å². The van der Waals surface area contributed by atoms with Crippen molar-refractivity contribution < 1.29 is 18.3 Å². The van der Waals surface area contributed by atoms with Crippen LogP contribution in [0.2, 0.25) is 0 Å². The van der Waals surface area contributed by atoms with Crippen molar-refractivity contribution in [1.82, 2.24) is 4.98 Å². The van der Waals surface area contributed by atoms with Gasteiger partial charge in [-0.05, 0) is 0 Å². The Morgan fingerprint density at radius 3 is 2.71 bits per heavy atom. The van der Waals surface area contributed by atoms with Gasteiger partial charge >= 0.3 is 0 Å². The Labute approximate surface area is 78.7 Å². The molecule has 0 aliphatic carbocycles. The van der Waals surface area contributed by atoms with E-state index in [9.17, 15) is 13.6 Å². The lowest BCUT2D eigenvalue weighted by Gasteiger charge is -2.09. The summed E-state index contributed by atoms with van der Waals surface area (Å²) in [7, 11) is 1.26. The summed E-state index contributed by atoms with van der Waals surface area (Å²) in [5.41, 5.74) is 4.29. The summed E-state index contributed by atoms with van der Waals surface area (Å²) in [5, 5.41) is 0. The van der Waals surface area contributed by atoms with Crippen molar-refractivity contribution in [3.05, 3.63) is 17.3 Å². The molecule has 0 radical (unpaired) electrons. The normalized spacial score (nSPS) is 10.3. The zero-order valence-electron chi connectivity index (χ0n) is 7.33. The van der Waals surface area contributed by atoms with Crippen LogP contribution in [-0.4, -0.2) is 18.4 Å². The van der Waals surface area contributed by atoms with Crippen molar-refractivity contribution in [1.29, 1.82) is 0 Å². The minimum atomic E-state index is -2.83. The minimum Gasteiger partial charge on any atom is -0.480 e. The maximum Gasteiger partial charge on any atom is 0.266 e. The fraction of sp³-hybridized carbons (Fsp3) is 0.250. The van der Waals surface area contributed by atoms with Gasteiger partial charge in [-0.2, -0.15) is 0 Å². The van der Waals surface area contributed by atoms with Crippen LogP contribution >= 0.6 is 0 Å². The number of hydrogen-bond donors (Lipinski definition) is 1. The number of carbonyl (C=O) groups excluding carboxylic acids is 1. The minimum absolute atomic E-state index is 0.106. The van der Waals surface area contributed by atoms with E-state index < -0.39 is 12.0 Å². The number of hydrogen-bond acceptors (Lipinski definition) is 4. The molecule has 0 unspecified atom stereocenters. The molecule has 0 amide bonds. The zero-order valence-corrected chi connectivity index (χ0v) is 7.33. The van der Waals surface area contributed by atoms with Crippen LogP contribution < -0.4 is 10.5 Å². The Morgan fingerprint density at radius 2 is 2.29 bits per heavy atom. The standard InChI is InChI=1S/C8H8F2N2O2/c1-14-8-6(11)5(7(9)10)4(3-13)2-12-8/h2-3,7H,11H2,1H3. The number of anilines is 1. The molecule has 76 valence electrons. The third kappa shape index (κ3) is 1.63. The number of pyridine rings is 1. The van der Waals surface area contributed by atoms with E-state index in [2.05, 4.69) is 9.72 Å². The molecule has 1 aromatic rings. The number of aromatic nitrogens is 1. The first-order valence-electron chi connectivity index (χ1n) is 3.67. The second-order valence-corrected chi connectivity index (χ2v) is 2.47. The maximum atomic E-state index is 12.5. The highest BCUT2D eigenvalue weighted by Crippen LogP contribution is 2.32. The van der Waals surface area contributed by atoms with Crippen LogP contribution in [0.4, 0.5) is 14.5 Å². The van der Waals surface area contributed by atoms with Crippen LogP contribution in [0.3, 0.4) is 0 Å². The van der Waals surface area contributed by atoms with Gasteiger partial charge in [-0.3, -0.25) is 4.79 Å². The summed E-state index contributed by atoms with van der Waals surface area (Å²) in [5.74, 6) is -0.106. The first kappa shape index (κ1) is 10.4.